The predicted molar refractivity (Wildman–Crippen MR) is 80.9 cm³/mol. The van der Waals surface area contributed by atoms with Gasteiger partial charge in [0.25, 0.3) is 5.91 Å². The minimum absolute atomic E-state index is 0.0630. The molecule has 1 amide bonds. The molecule has 1 aromatic heterocycles. The molecule has 2 rings (SSSR count). The van der Waals surface area contributed by atoms with Gasteiger partial charge in [-0.2, -0.15) is 0 Å². The fourth-order valence-corrected chi connectivity index (χ4v) is 3.64. The summed E-state index contributed by atoms with van der Waals surface area (Å²) < 4.78 is 6.62. The van der Waals surface area contributed by atoms with E-state index in [0.717, 1.165) is 12.8 Å². The van der Waals surface area contributed by atoms with Crippen molar-refractivity contribution in [1.82, 2.24) is 4.90 Å². The van der Waals surface area contributed by atoms with E-state index in [1.54, 1.807) is 11.0 Å². The molecule has 1 aliphatic heterocycles. The first kappa shape index (κ1) is 16.0. The molecule has 0 atom stereocenters. The Morgan fingerprint density at radius 1 is 1.45 bits per heavy atom. The van der Waals surface area contributed by atoms with Crippen molar-refractivity contribution in [3.8, 4) is 0 Å². The van der Waals surface area contributed by atoms with Crippen LogP contribution < -0.4 is 0 Å². The van der Waals surface area contributed by atoms with Gasteiger partial charge in [-0.3, -0.25) is 4.79 Å². The lowest BCUT2D eigenvalue weighted by atomic mass is 10.1. The number of aliphatic hydroxyl groups excluding tert-OH is 1. The fourth-order valence-electron chi connectivity index (χ4n) is 2.20. The Hall–Kier alpha value is -0.330. The van der Waals surface area contributed by atoms with E-state index >= 15 is 0 Å². The third-order valence-corrected chi connectivity index (χ3v) is 4.76. The van der Waals surface area contributed by atoms with Gasteiger partial charge in [0.05, 0.1) is 16.0 Å². The number of carbonyl (C=O) groups is 1. The number of hydrogen-bond acceptors (Lipinski definition) is 4. The molecule has 20 heavy (non-hydrogen) atoms. The molecule has 1 N–H and O–H groups in total. The van der Waals surface area contributed by atoms with Crippen LogP contribution in [-0.2, 0) is 4.74 Å². The number of ether oxygens (including phenoxy) is 1. The molecule has 1 saturated heterocycles. The van der Waals surface area contributed by atoms with Crippen LogP contribution in [0.15, 0.2) is 6.07 Å². The smallest absolute Gasteiger partial charge is 0.256 e. The number of carbonyl (C=O) groups excluding carboxylic acids is 1. The molecule has 0 saturated carbocycles. The molecule has 0 radical (unpaired) electrons. The normalized spacial score (nSPS) is 16.6. The van der Waals surface area contributed by atoms with Gasteiger partial charge >= 0.3 is 0 Å². The van der Waals surface area contributed by atoms with E-state index in [1.807, 2.05) is 0 Å². The average Bonchev–Trinajstić information content (AvgIpc) is 2.78. The minimum Gasteiger partial charge on any atom is -0.396 e. The number of nitrogens with zero attached hydrogens (tertiary/aromatic N) is 1. The fraction of sp³-hybridized carbons (Fsp3) is 0.615. The largest absolute Gasteiger partial charge is 0.396 e. The Morgan fingerprint density at radius 3 is 2.70 bits per heavy atom. The number of hydrogen-bond donors (Lipinski definition) is 1. The monoisotopic (exact) mass is 337 g/mol. The zero-order valence-electron chi connectivity index (χ0n) is 11.0. The molecular formula is C13H17Cl2NO3S. The molecule has 1 aliphatic rings. The van der Waals surface area contributed by atoms with Crippen molar-refractivity contribution in [2.45, 2.75) is 25.4 Å². The van der Waals surface area contributed by atoms with E-state index in [2.05, 4.69) is 0 Å². The van der Waals surface area contributed by atoms with Crippen LogP contribution >= 0.6 is 34.5 Å². The highest BCUT2D eigenvalue weighted by atomic mass is 35.5. The van der Waals surface area contributed by atoms with Crippen LogP contribution in [0.3, 0.4) is 0 Å². The lowest BCUT2D eigenvalue weighted by molar-refractivity contribution is 0.00399. The highest BCUT2D eigenvalue weighted by Gasteiger charge is 2.26. The van der Waals surface area contributed by atoms with Crippen LogP contribution in [0.4, 0.5) is 0 Å². The number of halogens is 2. The van der Waals surface area contributed by atoms with Gasteiger partial charge in [-0.05, 0) is 25.3 Å². The quantitative estimate of drug-likeness (QED) is 0.840. The Morgan fingerprint density at radius 2 is 2.15 bits per heavy atom. The zero-order chi connectivity index (χ0) is 14.5. The van der Waals surface area contributed by atoms with Crippen LogP contribution in [-0.4, -0.2) is 48.3 Å². The third-order valence-electron chi connectivity index (χ3n) is 3.27. The van der Waals surface area contributed by atoms with Crippen molar-refractivity contribution in [2.24, 2.45) is 0 Å². The second-order valence-corrected chi connectivity index (χ2v) is 6.96. The highest BCUT2D eigenvalue weighted by molar-refractivity contribution is 7.20. The summed E-state index contributed by atoms with van der Waals surface area (Å²) in [5, 5.41) is 8.71. The highest BCUT2D eigenvalue weighted by Crippen LogP contribution is 2.32. The first-order valence-corrected chi connectivity index (χ1v) is 8.15. The lowest BCUT2D eigenvalue weighted by Crippen LogP contribution is -2.41. The van der Waals surface area contributed by atoms with Crippen molar-refractivity contribution in [3.05, 3.63) is 20.3 Å². The topological polar surface area (TPSA) is 49.8 Å². The third kappa shape index (κ3) is 4.09. The lowest BCUT2D eigenvalue weighted by Gasteiger charge is -2.31. The summed E-state index contributed by atoms with van der Waals surface area (Å²) >= 11 is 13.1. The van der Waals surface area contributed by atoms with E-state index in [-0.39, 0.29) is 18.6 Å². The Balaban J connectivity index is 1.84. The number of aliphatic hydroxyl groups is 1. The van der Waals surface area contributed by atoms with Crippen LogP contribution in [0.1, 0.15) is 29.6 Å². The predicted octanol–water partition coefficient (Wildman–Crippen LogP) is 3.06. The summed E-state index contributed by atoms with van der Waals surface area (Å²) in [6.07, 6.45) is 2.45. The maximum Gasteiger partial charge on any atom is 0.256 e. The van der Waals surface area contributed by atoms with Gasteiger partial charge in [0.15, 0.2) is 0 Å². The van der Waals surface area contributed by atoms with Gasteiger partial charge in [0.2, 0.25) is 0 Å². The van der Waals surface area contributed by atoms with Crippen molar-refractivity contribution >= 4 is 40.4 Å². The van der Waals surface area contributed by atoms with E-state index < -0.39 is 0 Å². The molecule has 7 heteroatoms. The minimum atomic E-state index is -0.0630. The van der Waals surface area contributed by atoms with Crippen LogP contribution in [0.2, 0.25) is 8.67 Å². The van der Waals surface area contributed by atoms with Gasteiger partial charge in [-0.25, -0.2) is 0 Å². The van der Waals surface area contributed by atoms with Crippen molar-refractivity contribution in [1.29, 1.82) is 0 Å². The van der Waals surface area contributed by atoms with Crippen molar-refractivity contribution in [3.63, 3.8) is 0 Å². The van der Waals surface area contributed by atoms with Gasteiger partial charge in [-0.15, -0.1) is 11.3 Å². The van der Waals surface area contributed by atoms with Gasteiger partial charge in [-0.1, -0.05) is 23.2 Å². The molecule has 1 aromatic rings. The maximum absolute atomic E-state index is 12.3. The molecule has 112 valence electrons. The summed E-state index contributed by atoms with van der Waals surface area (Å²) in [5.74, 6) is -0.0630. The second kappa shape index (κ2) is 7.61. The summed E-state index contributed by atoms with van der Waals surface area (Å²) in [5.41, 5.74) is 0.487. The molecule has 0 aromatic carbocycles. The molecule has 1 fully saturated rings. The van der Waals surface area contributed by atoms with E-state index in [4.69, 9.17) is 33.0 Å². The zero-order valence-corrected chi connectivity index (χ0v) is 13.3. The molecule has 0 bridgehead atoms. The van der Waals surface area contributed by atoms with Crippen LogP contribution in [0.25, 0.3) is 0 Å². The molecule has 0 aliphatic carbocycles. The summed E-state index contributed by atoms with van der Waals surface area (Å²) in [6, 6.07) is 1.63. The Bertz CT molecular complexity index is 458. The Kier molecular flexibility index (Phi) is 6.11. The Labute approximate surface area is 132 Å². The summed E-state index contributed by atoms with van der Waals surface area (Å²) in [6.45, 7) is 2.04. The maximum atomic E-state index is 12.3. The molecular weight excluding hydrogens is 321 g/mol. The molecule has 2 heterocycles. The number of likely N-dealkylation sites (tertiary alicyclic amines) is 1. The van der Waals surface area contributed by atoms with Gasteiger partial charge < -0.3 is 14.7 Å². The summed E-state index contributed by atoms with van der Waals surface area (Å²) in [7, 11) is 0. The van der Waals surface area contributed by atoms with Crippen LogP contribution in [0.5, 0.6) is 0 Å². The first-order chi connectivity index (χ1) is 9.61. The first-order valence-electron chi connectivity index (χ1n) is 6.58. The number of amides is 1. The molecule has 0 spiro atoms. The second-order valence-electron chi connectivity index (χ2n) is 4.68. The number of piperidine rings is 1. The molecule has 0 unspecified atom stereocenters. The van der Waals surface area contributed by atoms with E-state index in [9.17, 15) is 4.79 Å². The SMILES string of the molecule is O=C(c1cc(Cl)sc1Cl)N1CCC(OCCCO)CC1. The van der Waals surface area contributed by atoms with E-state index in [1.165, 1.54) is 11.3 Å². The van der Waals surface area contributed by atoms with Gasteiger partial charge in [0.1, 0.15) is 4.34 Å². The van der Waals surface area contributed by atoms with E-state index in [0.29, 0.717) is 40.4 Å². The summed E-state index contributed by atoms with van der Waals surface area (Å²) in [4.78, 5) is 14.1. The van der Waals surface area contributed by atoms with Crippen LogP contribution in [0, 0.1) is 0 Å². The average molecular weight is 338 g/mol. The van der Waals surface area contributed by atoms with Crippen molar-refractivity contribution in [2.75, 3.05) is 26.3 Å². The number of thiophene rings is 1. The number of rotatable bonds is 5. The van der Waals surface area contributed by atoms with Crippen molar-refractivity contribution < 1.29 is 14.6 Å². The standard InChI is InChI=1S/C13H17Cl2NO3S/c14-11-8-10(12(15)20-11)13(18)16-4-2-9(3-5-16)19-7-1-6-17/h8-9,17H,1-7H2. The van der Waals surface area contributed by atoms with Gasteiger partial charge in [0, 0.05) is 26.3 Å². The molecule has 4 nitrogen and oxygen atoms in total.